The lowest BCUT2D eigenvalue weighted by atomic mass is 10.0. The zero-order valence-electron chi connectivity index (χ0n) is 19.0. The van der Waals surface area contributed by atoms with E-state index in [4.69, 9.17) is 0 Å². The summed E-state index contributed by atoms with van der Waals surface area (Å²) in [6, 6.07) is 25.4. The molecule has 7 heteroatoms. The highest BCUT2D eigenvalue weighted by Crippen LogP contribution is 2.48. The van der Waals surface area contributed by atoms with Gasteiger partial charge < -0.3 is 10.4 Å². The lowest BCUT2D eigenvalue weighted by molar-refractivity contribution is -0.137. The normalized spacial score (nSPS) is 17.5. The smallest absolute Gasteiger partial charge is 0.416 e. The molecule has 2 heterocycles. The van der Waals surface area contributed by atoms with E-state index in [2.05, 4.69) is 10.3 Å². The first kappa shape index (κ1) is 23.2. The van der Waals surface area contributed by atoms with Crippen LogP contribution in [0.4, 0.5) is 30.4 Å². The molecule has 0 amide bonds. The fourth-order valence-electron chi connectivity index (χ4n) is 4.20. The Hall–Kier alpha value is -4.52. The summed E-state index contributed by atoms with van der Waals surface area (Å²) in [5.74, 6) is 0.673. The van der Waals surface area contributed by atoms with Crippen molar-refractivity contribution in [2.45, 2.75) is 11.8 Å². The van der Waals surface area contributed by atoms with Gasteiger partial charge in [-0.1, -0.05) is 60.7 Å². The number of aromatic hydroxyl groups is 1. The third kappa shape index (κ3) is 4.68. The van der Waals surface area contributed by atoms with Gasteiger partial charge in [0.2, 0.25) is 0 Å². The summed E-state index contributed by atoms with van der Waals surface area (Å²) in [5, 5.41) is 13.2. The van der Waals surface area contributed by atoms with Gasteiger partial charge in [0.1, 0.15) is 11.6 Å². The minimum atomic E-state index is -4.48. The standard InChI is InChI=1S/C29H22F3N3O/c30-29(31,32)23-12-13-26-25(20-23)34-28(16-14-21-7-2-1-3-8-21,35(26)27-11-4-5-18-33-27)17-15-22-9-6-10-24(36)19-22/h1-20,34,36H. The van der Waals surface area contributed by atoms with Crippen LogP contribution in [0.5, 0.6) is 5.75 Å². The molecule has 5 rings (SSSR count). The first-order valence-corrected chi connectivity index (χ1v) is 11.3. The van der Waals surface area contributed by atoms with Crippen molar-refractivity contribution in [1.82, 2.24) is 4.98 Å². The number of hydrogen-bond donors (Lipinski definition) is 2. The quantitative estimate of drug-likeness (QED) is 0.307. The maximum Gasteiger partial charge on any atom is 0.416 e. The topological polar surface area (TPSA) is 48.4 Å². The number of pyridine rings is 1. The molecule has 4 nitrogen and oxygen atoms in total. The molecule has 36 heavy (non-hydrogen) atoms. The summed E-state index contributed by atoms with van der Waals surface area (Å²) >= 11 is 0. The van der Waals surface area contributed by atoms with E-state index in [1.165, 1.54) is 6.07 Å². The highest BCUT2D eigenvalue weighted by molar-refractivity contribution is 5.87. The summed E-state index contributed by atoms with van der Waals surface area (Å²) in [6.07, 6.45) is 4.63. The first-order chi connectivity index (χ1) is 17.3. The molecular weight excluding hydrogens is 463 g/mol. The van der Waals surface area contributed by atoms with E-state index < -0.39 is 17.4 Å². The Bertz CT molecular complexity index is 1420. The van der Waals surface area contributed by atoms with Crippen LogP contribution in [0.1, 0.15) is 16.7 Å². The van der Waals surface area contributed by atoms with E-state index in [0.29, 0.717) is 17.2 Å². The van der Waals surface area contributed by atoms with Crippen LogP contribution in [0, 0.1) is 0 Å². The molecule has 1 aromatic heterocycles. The summed E-state index contributed by atoms with van der Waals surface area (Å²) < 4.78 is 40.6. The number of aromatic nitrogens is 1. The third-order valence-electron chi connectivity index (χ3n) is 5.88. The summed E-state index contributed by atoms with van der Waals surface area (Å²) in [5.41, 5.74) is 0.708. The van der Waals surface area contributed by atoms with Crippen molar-refractivity contribution in [1.29, 1.82) is 0 Å². The second-order valence-corrected chi connectivity index (χ2v) is 8.38. The number of phenolic OH excluding ortho intramolecular Hbond substituents is 1. The third-order valence-corrected chi connectivity index (χ3v) is 5.88. The molecule has 3 aromatic carbocycles. The van der Waals surface area contributed by atoms with Gasteiger partial charge in [-0.25, -0.2) is 4.98 Å². The number of alkyl halides is 3. The van der Waals surface area contributed by atoms with Crippen molar-refractivity contribution in [3.63, 3.8) is 0 Å². The average Bonchev–Trinajstić information content (AvgIpc) is 3.21. The van der Waals surface area contributed by atoms with Crippen LogP contribution >= 0.6 is 0 Å². The Morgan fingerprint density at radius 2 is 1.53 bits per heavy atom. The molecule has 0 saturated carbocycles. The second kappa shape index (κ2) is 9.26. The van der Waals surface area contributed by atoms with E-state index in [1.807, 2.05) is 77.7 Å². The number of nitrogens with zero attached hydrogens (tertiary/aromatic N) is 2. The number of nitrogens with one attached hydrogen (secondary N) is 1. The molecule has 4 aromatic rings. The number of halogens is 3. The molecule has 1 aliphatic heterocycles. The van der Waals surface area contributed by atoms with Gasteiger partial charge in [-0.05, 0) is 65.7 Å². The highest BCUT2D eigenvalue weighted by atomic mass is 19.4. The highest BCUT2D eigenvalue weighted by Gasteiger charge is 2.43. The Morgan fingerprint density at radius 3 is 2.22 bits per heavy atom. The lowest BCUT2D eigenvalue weighted by Gasteiger charge is -2.35. The number of benzene rings is 3. The fourth-order valence-corrected chi connectivity index (χ4v) is 4.20. The van der Waals surface area contributed by atoms with Crippen LogP contribution in [-0.4, -0.2) is 15.8 Å². The predicted octanol–water partition coefficient (Wildman–Crippen LogP) is 7.49. The molecule has 180 valence electrons. The van der Waals surface area contributed by atoms with E-state index in [9.17, 15) is 18.3 Å². The van der Waals surface area contributed by atoms with Gasteiger partial charge in [0.15, 0.2) is 5.66 Å². The van der Waals surface area contributed by atoms with Crippen molar-refractivity contribution in [2.24, 2.45) is 0 Å². The molecule has 1 aliphatic rings. The van der Waals surface area contributed by atoms with Crippen molar-refractivity contribution >= 4 is 29.3 Å². The van der Waals surface area contributed by atoms with Gasteiger partial charge in [0.25, 0.3) is 0 Å². The van der Waals surface area contributed by atoms with Gasteiger partial charge in [-0.3, -0.25) is 4.90 Å². The van der Waals surface area contributed by atoms with Crippen LogP contribution in [0.25, 0.3) is 12.2 Å². The summed E-state index contributed by atoms with van der Waals surface area (Å²) in [6.45, 7) is 0. The second-order valence-electron chi connectivity index (χ2n) is 8.38. The molecule has 0 bridgehead atoms. The van der Waals surface area contributed by atoms with Gasteiger partial charge in [-0.15, -0.1) is 0 Å². The molecular formula is C29H22F3N3O. The molecule has 2 N–H and O–H groups in total. The summed E-state index contributed by atoms with van der Waals surface area (Å²) in [4.78, 5) is 6.37. The van der Waals surface area contributed by atoms with Gasteiger partial charge in [0.05, 0.1) is 16.9 Å². The minimum Gasteiger partial charge on any atom is -0.508 e. The lowest BCUT2D eigenvalue weighted by Crippen LogP contribution is -2.45. The van der Waals surface area contributed by atoms with Gasteiger partial charge in [-0.2, -0.15) is 13.2 Å². The van der Waals surface area contributed by atoms with Crippen LogP contribution in [0.3, 0.4) is 0 Å². The van der Waals surface area contributed by atoms with E-state index in [-0.39, 0.29) is 5.75 Å². The maximum absolute atomic E-state index is 13.5. The van der Waals surface area contributed by atoms with Crippen molar-refractivity contribution < 1.29 is 18.3 Å². The molecule has 0 saturated heterocycles. The van der Waals surface area contributed by atoms with Crippen LogP contribution < -0.4 is 10.2 Å². The SMILES string of the molecule is Oc1cccc(C=CC2(C=Cc3ccccc3)Nc3cc(C(F)(F)F)ccc3N2c2ccccn2)c1. The Morgan fingerprint density at radius 1 is 0.806 bits per heavy atom. The first-order valence-electron chi connectivity index (χ1n) is 11.3. The summed E-state index contributed by atoms with van der Waals surface area (Å²) in [7, 11) is 0. The van der Waals surface area contributed by atoms with Crippen LogP contribution in [0.15, 0.2) is 109 Å². The minimum absolute atomic E-state index is 0.116. The number of hydrogen-bond acceptors (Lipinski definition) is 4. The number of anilines is 3. The van der Waals surface area contributed by atoms with E-state index >= 15 is 0 Å². The van der Waals surface area contributed by atoms with E-state index in [1.54, 1.807) is 30.5 Å². The molecule has 0 radical (unpaired) electrons. The largest absolute Gasteiger partial charge is 0.508 e. The number of rotatable bonds is 5. The predicted molar refractivity (Wildman–Crippen MR) is 137 cm³/mol. The number of phenols is 1. The van der Waals surface area contributed by atoms with Crippen molar-refractivity contribution in [3.8, 4) is 5.75 Å². The Kier molecular flexibility index (Phi) is 5.98. The molecule has 1 unspecified atom stereocenters. The zero-order chi connectivity index (χ0) is 25.2. The monoisotopic (exact) mass is 485 g/mol. The molecule has 0 aliphatic carbocycles. The van der Waals surface area contributed by atoms with Crippen LogP contribution in [0.2, 0.25) is 0 Å². The Balaban J connectivity index is 1.69. The van der Waals surface area contributed by atoms with Crippen molar-refractivity contribution in [3.05, 3.63) is 126 Å². The zero-order valence-corrected chi connectivity index (χ0v) is 19.0. The molecule has 0 spiro atoms. The van der Waals surface area contributed by atoms with E-state index in [0.717, 1.165) is 23.3 Å². The average molecular weight is 486 g/mol. The fraction of sp³-hybridized carbons (Fsp3) is 0.0690. The molecule has 1 atom stereocenters. The number of fused-ring (bicyclic) bond motifs is 1. The van der Waals surface area contributed by atoms with Gasteiger partial charge in [0, 0.05) is 6.20 Å². The maximum atomic E-state index is 13.5. The van der Waals surface area contributed by atoms with Gasteiger partial charge >= 0.3 is 6.18 Å². The van der Waals surface area contributed by atoms with Crippen molar-refractivity contribution in [2.75, 3.05) is 10.2 Å². The van der Waals surface area contributed by atoms with Crippen LogP contribution in [-0.2, 0) is 6.18 Å². The Labute approximate surface area is 206 Å². The molecule has 0 fully saturated rings.